The number of rotatable bonds is 13. The largest absolute Gasteiger partial charge is 0.435 e. The normalized spacial score (nSPS) is 18.3. The van der Waals surface area contributed by atoms with Crippen LogP contribution in [0.25, 0.3) is 0 Å². The van der Waals surface area contributed by atoms with Crippen molar-refractivity contribution in [2.24, 2.45) is 11.8 Å². The van der Waals surface area contributed by atoms with Gasteiger partial charge in [0.05, 0.1) is 0 Å². The molecule has 0 N–H and O–H groups in total. The summed E-state index contributed by atoms with van der Waals surface area (Å²) >= 11 is 0. The van der Waals surface area contributed by atoms with Crippen molar-refractivity contribution in [2.75, 3.05) is 6.16 Å². The van der Waals surface area contributed by atoms with Gasteiger partial charge in [-0.25, -0.2) is 0 Å². The van der Waals surface area contributed by atoms with E-state index in [0.717, 1.165) is 6.42 Å². The van der Waals surface area contributed by atoms with Crippen molar-refractivity contribution in [3.63, 3.8) is 0 Å². The van der Waals surface area contributed by atoms with E-state index in [1.54, 1.807) is 6.92 Å². The molecule has 1 aliphatic rings. The van der Waals surface area contributed by atoms with Crippen LogP contribution in [0.1, 0.15) is 83.6 Å². The molecule has 0 amide bonds. The standard InChI is InChI=1S/C25H38O5P/c1-4-23(27)29-25(19(2)3)30-24(31(28)18-17-26)16-15-22(20-11-7-5-8-12-20)21-13-9-6-10-14-21/h5,7-8,11-12,17,19,21-22,24-25H,4,6,9-10,13-16,18H2,1-3H3/q+1. The lowest BCUT2D eigenvalue weighted by Crippen LogP contribution is -2.30. The minimum Gasteiger partial charge on any atom is -0.435 e. The molecule has 1 aliphatic carbocycles. The van der Waals surface area contributed by atoms with Gasteiger partial charge in [-0.15, -0.1) is 0 Å². The molecule has 1 saturated carbocycles. The van der Waals surface area contributed by atoms with E-state index in [4.69, 9.17) is 9.47 Å². The summed E-state index contributed by atoms with van der Waals surface area (Å²) in [6.07, 6.45) is 7.82. The molecule has 0 aliphatic heterocycles. The second kappa shape index (κ2) is 13.8. The highest BCUT2D eigenvalue weighted by Gasteiger charge is 2.37. The Morgan fingerprint density at radius 1 is 1.13 bits per heavy atom. The molecule has 0 saturated heterocycles. The van der Waals surface area contributed by atoms with Crippen LogP contribution >= 0.6 is 7.80 Å². The zero-order valence-electron chi connectivity index (χ0n) is 19.2. The molecule has 1 aromatic carbocycles. The first-order valence-corrected chi connectivity index (χ1v) is 13.2. The minimum absolute atomic E-state index is 0.0357. The third kappa shape index (κ3) is 8.46. The third-order valence-corrected chi connectivity index (χ3v) is 7.65. The van der Waals surface area contributed by atoms with Gasteiger partial charge in [-0.1, -0.05) is 74.9 Å². The summed E-state index contributed by atoms with van der Waals surface area (Å²) in [5, 5.41) is 0. The Morgan fingerprint density at radius 3 is 2.39 bits per heavy atom. The fraction of sp³-hybridized carbons (Fsp3) is 0.680. The molecule has 0 radical (unpaired) electrons. The van der Waals surface area contributed by atoms with Gasteiger partial charge >= 0.3 is 13.8 Å². The van der Waals surface area contributed by atoms with Crippen LogP contribution in [0, 0.1) is 11.8 Å². The van der Waals surface area contributed by atoms with Gasteiger partial charge in [0.1, 0.15) is 0 Å². The molecule has 0 heterocycles. The summed E-state index contributed by atoms with van der Waals surface area (Å²) in [6, 6.07) is 10.5. The van der Waals surface area contributed by atoms with Gasteiger partial charge in [-0.2, -0.15) is 0 Å². The van der Waals surface area contributed by atoms with E-state index in [1.807, 2.05) is 19.9 Å². The first-order chi connectivity index (χ1) is 15.0. The number of ether oxygens (including phenoxy) is 2. The number of aldehydes is 1. The molecular formula is C25H38O5P+. The third-order valence-electron chi connectivity index (χ3n) is 6.12. The molecule has 2 rings (SSSR count). The Labute approximate surface area is 188 Å². The smallest absolute Gasteiger partial charge is 0.377 e. The highest BCUT2D eigenvalue weighted by atomic mass is 31.1. The lowest BCUT2D eigenvalue weighted by atomic mass is 9.75. The Morgan fingerprint density at radius 2 is 1.81 bits per heavy atom. The lowest BCUT2D eigenvalue weighted by Gasteiger charge is -2.31. The first kappa shape index (κ1) is 25.7. The average Bonchev–Trinajstić information content (AvgIpc) is 2.79. The Bertz CT molecular complexity index is 684. The van der Waals surface area contributed by atoms with Gasteiger partial charge in [0, 0.05) is 18.8 Å². The number of esters is 1. The van der Waals surface area contributed by atoms with Gasteiger partial charge < -0.3 is 4.74 Å². The molecule has 0 bridgehead atoms. The molecule has 1 fully saturated rings. The maximum absolute atomic E-state index is 12.8. The quantitative estimate of drug-likeness (QED) is 0.150. The van der Waals surface area contributed by atoms with E-state index in [1.165, 1.54) is 37.7 Å². The topological polar surface area (TPSA) is 69.7 Å². The van der Waals surface area contributed by atoms with Gasteiger partial charge in [-0.05, 0) is 36.7 Å². The van der Waals surface area contributed by atoms with Gasteiger partial charge in [-0.3, -0.25) is 14.3 Å². The molecule has 0 spiro atoms. The van der Waals surface area contributed by atoms with Crippen LogP contribution in [0.4, 0.5) is 0 Å². The van der Waals surface area contributed by atoms with Crippen molar-refractivity contribution < 1.29 is 23.6 Å². The second-order valence-electron chi connectivity index (χ2n) is 8.81. The summed E-state index contributed by atoms with van der Waals surface area (Å²) in [5.74, 6) is -0.0251. The molecule has 4 unspecified atom stereocenters. The molecule has 0 aromatic heterocycles. The molecular weight excluding hydrogens is 411 g/mol. The summed E-state index contributed by atoms with van der Waals surface area (Å²) in [5.41, 5.74) is 1.32. The van der Waals surface area contributed by atoms with Crippen LogP contribution in [-0.2, 0) is 23.6 Å². The van der Waals surface area contributed by atoms with Crippen LogP contribution in [0.3, 0.4) is 0 Å². The van der Waals surface area contributed by atoms with Crippen molar-refractivity contribution in [2.45, 2.75) is 90.2 Å². The van der Waals surface area contributed by atoms with E-state index in [9.17, 15) is 14.2 Å². The summed E-state index contributed by atoms with van der Waals surface area (Å²) < 4.78 is 24.4. The second-order valence-corrected chi connectivity index (χ2v) is 10.6. The number of carbonyl (C=O) groups excluding carboxylic acids is 2. The summed E-state index contributed by atoms with van der Waals surface area (Å²) in [6.45, 7) is 5.55. The van der Waals surface area contributed by atoms with Crippen molar-refractivity contribution in [3.8, 4) is 0 Å². The van der Waals surface area contributed by atoms with Crippen molar-refractivity contribution in [1.82, 2.24) is 0 Å². The van der Waals surface area contributed by atoms with Crippen LogP contribution in [0.5, 0.6) is 0 Å². The average molecular weight is 450 g/mol. The Hall–Kier alpha value is -1.58. The van der Waals surface area contributed by atoms with E-state index >= 15 is 0 Å². The monoisotopic (exact) mass is 449 g/mol. The van der Waals surface area contributed by atoms with Crippen molar-refractivity contribution >= 4 is 20.1 Å². The number of hydrogen-bond acceptors (Lipinski definition) is 5. The fourth-order valence-electron chi connectivity index (χ4n) is 4.39. The number of carbonyl (C=O) groups is 2. The van der Waals surface area contributed by atoms with Crippen LogP contribution in [0.2, 0.25) is 0 Å². The Kier molecular flexibility index (Phi) is 11.4. The van der Waals surface area contributed by atoms with Gasteiger partial charge in [0.25, 0.3) is 5.85 Å². The predicted molar refractivity (Wildman–Crippen MR) is 123 cm³/mol. The Balaban J connectivity index is 2.15. The number of benzene rings is 1. The van der Waals surface area contributed by atoms with E-state index < -0.39 is 19.9 Å². The van der Waals surface area contributed by atoms with E-state index in [-0.39, 0.29) is 24.5 Å². The molecule has 31 heavy (non-hydrogen) atoms. The first-order valence-electron chi connectivity index (χ1n) is 11.7. The molecule has 6 heteroatoms. The highest BCUT2D eigenvalue weighted by molar-refractivity contribution is 7.46. The van der Waals surface area contributed by atoms with Crippen molar-refractivity contribution in [3.05, 3.63) is 35.9 Å². The molecule has 172 valence electrons. The predicted octanol–water partition coefficient (Wildman–Crippen LogP) is 6.44. The molecule has 1 aromatic rings. The fourth-order valence-corrected chi connectivity index (χ4v) is 5.47. The highest BCUT2D eigenvalue weighted by Crippen LogP contribution is 2.42. The number of hydrogen-bond donors (Lipinski definition) is 0. The lowest BCUT2D eigenvalue weighted by molar-refractivity contribution is -0.193. The van der Waals surface area contributed by atoms with Crippen LogP contribution < -0.4 is 0 Å². The maximum atomic E-state index is 12.8. The zero-order valence-corrected chi connectivity index (χ0v) is 20.1. The van der Waals surface area contributed by atoms with Gasteiger partial charge in [0.15, 0.2) is 6.29 Å². The SMILES string of the molecule is CCC(=O)OC(OC(CCC(c1ccccc1)C1CCCCC1)[P+](=O)CC=O)C(C)C. The van der Waals surface area contributed by atoms with E-state index in [0.29, 0.717) is 24.5 Å². The van der Waals surface area contributed by atoms with Crippen LogP contribution in [-0.4, -0.2) is 30.6 Å². The van der Waals surface area contributed by atoms with Crippen molar-refractivity contribution in [1.29, 1.82) is 0 Å². The zero-order chi connectivity index (χ0) is 22.6. The van der Waals surface area contributed by atoms with E-state index in [2.05, 4.69) is 24.3 Å². The van der Waals surface area contributed by atoms with Gasteiger partial charge in [0.2, 0.25) is 12.5 Å². The summed E-state index contributed by atoms with van der Waals surface area (Å²) in [4.78, 5) is 22.9. The minimum atomic E-state index is -1.88. The molecule has 5 nitrogen and oxygen atoms in total. The van der Waals surface area contributed by atoms with Crippen LogP contribution in [0.15, 0.2) is 30.3 Å². The summed E-state index contributed by atoms with van der Waals surface area (Å²) in [7, 11) is -1.88. The maximum Gasteiger partial charge on any atom is 0.377 e. The molecule has 4 atom stereocenters.